The third-order valence-corrected chi connectivity index (χ3v) is 5.65. The quantitative estimate of drug-likeness (QED) is 0.883. The molecule has 2 aromatic rings. The van der Waals surface area contributed by atoms with E-state index in [1.807, 2.05) is 6.20 Å². The highest BCUT2D eigenvalue weighted by Gasteiger charge is 2.25. The second-order valence-electron chi connectivity index (χ2n) is 7.62. The maximum absolute atomic E-state index is 4.76. The molecular weight excluding hydrogens is 324 g/mol. The van der Waals surface area contributed by atoms with Gasteiger partial charge in [0.05, 0.1) is 11.9 Å². The zero-order valence-electron chi connectivity index (χ0n) is 15.3. The predicted octanol–water partition coefficient (Wildman–Crippen LogP) is 3.77. The summed E-state index contributed by atoms with van der Waals surface area (Å²) >= 11 is 0. The van der Waals surface area contributed by atoms with Crippen LogP contribution in [0.25, 0.3) is 0 Å². The summed E-state index contributed by atoms with van der Waals surface area (Å²) in [6.45, 7) is 3.63. The number of piperidine rings is 1. The molecular formula is C20H28N6. The lowest BCUT2D eigenvalue weighted by atomic mass is 9.87. The largest absolute Gasteiger partial charge is 0.307 e. The van der Waals surface area contributed by atoms with Crippen LogP contribution in [0.1, 0.15) is 56.6 Å². The summed E-state index contributed by atoms with van der Waals surface area (Å²) in [4.78, 5) is 20.1. The van der Waals surface area contributed by atoms with Gasteiger partial charge in [-0.3, -0.25) is 4.98 Å². The molecule has 6 nitrogen and oxygen atoms in total. The lowest BCUT2D eigenvalue weighted by Gasteiger charge is -2.35. The average molecular weight is 352 g/mol. The Hall–Kier alpha value is -2.08. The van der Waals surface area contributed by atoms with Gasteiger partial charge in [0.2, 0.25) is 5.95 Å². The molecule has 2 fully saturated rings. The molecule has 26 heavy (non-hydrogen) atoms. The van der Waals surface area contributed by atoms with Gasteiger partial charge >= 0.3 is 0 Å². The van der Waals surface area contributed by atoms with Gasteiger partial charge in [-0.15, -0.1) is 0 Å². The van der Waals surface area contributed by atoms with E-state index in [0.29, 0.717) is 17.7 Å². The van der Waals surface area contributed by atoms with Crippen LogP contribution in [0.5, 0.6) is 0 Å². The number of hydrogen-bond acceptors (Lipinski definition) is 6. The van der Waals surface area contributed by atoms with Crippen molar-refractivity contribution >= 4 is 11.8 Å². The Morgan fingerprint density at radius 2 is 1.92 bits per heavy atom. The van der Waals surface area contributed by atoms with Crippen LogP contribution in [-0.2, 0) is 0 Å². The van der Waals surface area contributed by atoms with Crippen LogP contribution in [-0.4, -0.2) is 44.5 Å². The summed E-state index contributed by atoms with van der Waals surface area (Å²) in [7, 11) is 0. The molecule has 1 N–H and O–H groups in total. The lowest BCUT2D eigenvalue weighted by molar-refractivity contribution is 0.159. The second kappa shape index (κ2) is 8.54. The minimum Gasteiger partial charge on any atom is -0.307 e. The van der Waals surface area contributed by atoms with Crippen molar-refractivity contribution in [2.45, 2.75) is 50.9 Å². The minimum atomic E-state index is 0.498. The normalized spacial score (nSPS) is 22.2. The number of hydrogen-bond donors (Lipinski definition) is 1. The third-order valence-electron chi connectivity index (χ3n) is 5.65. The van der Waals surface area contributed by atoms with Crippen LogP contribution in [0.4, 0.5) is 11.8 Å². The van der Waals surface area contributed by atoms with E-state index in [0.717, 1.165) is 18.2 Å². The number of likely N-dealkylation sites (tertiary alicyclic amines) is 1. The van der Waals surface area contributed by atoms with Crippen LogP contribution < -0.4 is 5.32 Å². The van der Waals surface area contributed by atoms with E-state index in [-0.39, 0.29) is 0 Å². The molecule has 3 heterocycles. The fourth-order valence-corrected chi connectivity index (χ4v) is 4.34. The van der Waals surface area contributed by atoms with Gasteiger partial charge in [-0.2, -0.15) is 0 Å². The molecule has 1 aliphatic carbocycles. The lowest BCUT2D eigenvalue weighted by Crippen LogP contribution is -2.38. The molecule has 4 rings (SSSR count). The molecule has 0 radical (unpaired) electrons. The van der Waals surface area contributed by atoms with Crippen molar-refractivity contribution in [3.8, 4) is 0 Å². The highest BCUT2D eigenvalue weighted by Crippen LogP contribution is 2.29. The Morgan fingerprint density at radius 3 is 2.77 bits per heavy atom. The Kier molecular flexibility index (Phi) is 5.69. The Balaban J connectivity index is 1.39. The molecule has 1 saturated heterocycles. The van der Waals surface area contributed by atoms with E-state index in [1.54, 1.807) is 18.6 Å². The molecule has 2 aromatic heterocycles. The summed E-state index contributed by atoms with van der Waals surface area (Å²) in [5.74, 6) is 2.68. The first-order valence-electron chi connectivity index (χ1n) is 9.95. The van der Waals surface area contributed by atoms with Crippen LogP contribution in [0, 0.1) is 5.92 Å². The van der Waals surface area contributed by atoms with Gasteiger partial charge in [0, 0.05) is 37.6 Å². The summed E-state index contributed by atoms with van der Waals surface area (Å²) in [5, 5.41) is 3.15. The predicted molar refractivity (Wildman–Crippen MR) is 102 cm³/mol. The van der Waals surface area contributed by atoms with Crippen molar-refractivity contribution in [3.05, 3.63) is 36.5 Å². The van der Waals surface area contributed by atoms with Gasteiger partial charge in [-0.25, -0.2) is 15.0 Å². The first-order valence-corrected chi connectivity index (χ1v) is 9.95. The second-order valence-corrected chi connectivity index (χ2v) is 7.62. The first kappa shape index (κ1) is 17.3. The molecule has 138 valence electrons. The molecule has 0 amide bonds. The number of anilines is 2. The fraction of sp³-hybridized carbons (Fsp3) is 0.600. The average Bonchev–Trinajstić information content (AvgIpc) is 2.70. The SMILES string of the molecule is c1cnc(Nc2nccc([C@@H]3CCCN(CC4CCCCC4)C3)n2)cn1. The smallest absolute Gasteiger partial charge is 0.228 e. The number of aromatic nitrogens is 4. The molecule has 0 aromatic carbocycles. The van der Waals surface area contributed by atoms with Gasteiger partial charge in [-0.1, -0.05) is 19.3 Å². The van der Waals surface area contributed by atoms with Crippen molar-refractivity contribution in [2.24, 2.45) is 5.92 Å². The van der Waals surface area contributed by atoms with Crippen molar-refractivity contribution in [1.29, 1.82) is 0 Å². The monoisotopic (exact) mass is 352 g/mol. The summed E-state index contributed by atoms with van der Waals surface area (Å²) in [6.07, 6.45) is 16.4. The van der Waals surface area contributed by atoms with Gasteiger partial charge in [-0.05, 0) is 44.2 Å². The zero-order chi connectivity index (χ0) is 17.6. The van der Waals surface area contributed by atoms with Gasteiger partial charge < -0.3 is 10.2 Å². The standard InChI is InChI=1S/C20H28N6/c1-2-5-16(6-3-1)14-26-12-4-7-17(15-26)18-8-9-23-20(24-18)25-19-13-21-10-11-22-19/h8-11,13,16-17H,1-7,12,14-15H2,(H,22,23,24,25)/t17-/m1/s1. The molecule has 0 spiro atoms. The molecule has 1 atom stereocenters. The molecule has 6 heteroatoms. The van der Waals surface area contributed by atoms with Gasteiger partial charge in [0.15, 0.2) is 5.82 Å². The Labute approximate surface area is 155 Å². The fourth-order valence-electron chi connectivity index (χ4n) is 4.34. The van der Waals surface area contributed by atoms with Crippen LogP contribution in [0.15, 0.2) is 30.9 Å². The number of nitrogens with one attached hydrogen (secondary N) is 1. The summed E-state index contributed by atoms with van der Waals surface area (Å²) in [5.41, 5.74) is 1.14. The Morgan fingerprint density at radius 1 is 1.00 bits per heavy atom. The summed E-state index contributed by atoms with van der Waals surface area (Å²) in [6, 6.07) is 2.07. The topological polar surface area (TPSA) is 66.8 Å². The maximum Gasteiger partial charge on any atom is 0.228 e. The van der Waals surface area contributed by atoms with Crippen LogP contribution in [0.2, 0.25) is 0 Å². The third kappa shape index (κ3) is 4.55. The van der Waals surface area contributed by atoms with Gasteiger partial charge in [0.1, 0.15) is 0 Å². The maximum atomic E-state index is 4.76. The molecule has 0 unspecified atom stereocenters. The number of rotatable bonds is 5. The van der Waals surface area contributed by atoms with Crippen LogP contribution >= 0.6 is 0 Å². The van der Waals surface area contributed by atoms with Crippen molar-refractivity contribution in [3.63, 3.8) is 0 Å². The van der Waals surface area contributed by atoms with Gasteiger partial charge in [0.25, 0.3) is 0 Å². The van der Waals surface area contributed by atoms with Crippen molar-refractivity contribution in [2.75, 3.05) is 25.0 Å². The zero-order valence-corrected chi connectivity index (χ0v) is 15.3. The van der Waals surface area contributed by atoms with E-state index in [9.17, 15) is 0 Å². The molecule has 2 aliphatic rings. The highest BCUT2D eigenvalue weighted by atomic mass is 15.2. The van der Waals surface area contributed by atoms with Crippen molar-refractivity contribution < 1.29 is 0 Å². The Bertz CT molecular complexity index is 686. The van der Waals surface area contributed by atoms with E-state index in [2.05, 4.69) is 31.2 Å². The molecule has 1 saturated carbocycles. The molecule has 1 aliphatic heterocycles. The van der Waals surface area contributed by atoms with E-state index >= 15 is 0 Å². The van der Waals surface area contributed by atoms with E-state index in [1.165, 1.54) is 58.0 Å². The minimum absolute atomic E-state index is 0.498. The highest BCUT2D eigenvalue weighted by molar-refractivity contribution is 5.45. The summed E-state index contributed by atoms with van der Waals surface area (Å²) < 4.78 is 0. The van der Waals surface area contributed by atoms with E-state index < -0.39 is 0 Å². The van der Waals surface area contributed by atoms with Crippen LogP contribution in [0.3, 0.4) is 0 Å². The molecule has 0 bridgehead atoms. The number of nitrogens with zero attached hydrogens (tertiary/aromatic N) is 5. The first-order chi connectivity index (χ1) is 12.9. The van der Waals surface area contributed by atoms with E-state index in [4.69, 9.17) is 4.98 Å². The van der Waals surface area contributed by atoms with Crippen molar-refractivity contribution in [1.82, 2.24) is 24.8 Å².